The van der Waals surface area contributed by atoms with Crippen molar-refractivity contribution in [2.45, 2.75) is 19.0 Å². The molecule has 1 aromatic rings. The number of carbonyl (C=O) groups is 1. The summed E-state index contributed by atoms with van der Waals surface area (Å²) in [6.07, 6.45) is 2.25. The molecule has 1 unspecified atom stereocenters. The highest BCUT2D eigenvalue weighted by molar-refractivity contribution is 5.77. The smallest absolute Gasteiger partial charge is 0.326 e. The van der Waals surface area contributed by atoms with E-state index < -0.39 is 12.0 Å². The first-order valence-electron chi connectivity index (χ1n) is 3.78. The van der Waals surface area contributed by atoms with E-state index in [1.807, 2.05) is 0 Å². The largest absolute Gasteiger partial charge is 0.480 e. The average molecular weight is 167 g/mol. The molecule has 1 aromatic heterocycles. The molecule has 2 heterocycles. The summed E-state index contributed by atoms with van der Waals surface area (Å²) >= 11 is 0. The second kappa shape index (κ2) is 2.51. The van der Waals surface area contributed by atoms with Gasteiger partial charge in [0, 0.05) is 12.6 Å². The lowest BCUT2D eigenvalue weighted by Crippen LogP contribution is -2.35. The normalized spacial score (nSPS) is 21.2. The number of hydrogen-bond acceptors (Lipinski definition) is 3. The quantitative estimate of drug-likeness (QED) is 0.624. The van der Waals surface area contributed by atoms with E-state index in [0.29, 0.717) is 13.0 Å². The number of anilines is 1. The molecule has 0 bridgehead atoms. The number of nitrogens with zero attached hydrogens (tertiary/aromatic N) is 2. The van der Waals surface area contributed by atoms with E-state index in [0.717, 1.165) is 5.82 Å². The van der Waals surface area contributed by atoms with Gasteiger partial charge < -0.3 is 10.4 Å². The van der Waals surface area contributed by atoms with E-state index >= 15 is 0 Å². The van der Waals surface area contributed by atoms with Crippen LogP contribution in [0.2, 0.25) is 0 Å². The second-order valence-corrected chi connectivity index (χ2v) is 2.76. The molecule has 2 rings (SSSR count). The van der Waals surface area contributed by atoms with Crippen LogP contribution in [0, 0.1) is 0 Å². The summed E-state index contributed by atoms with van der Waals surface area (Å²) in [5.41, 5.74) is 0. The fourth-order valence-electron chi connectivity index (χ4n) is 1.32. The van der Waals surface area contributed by atoms with Gasteiger partial charge in [-0.15, -0.1) is 0 Å². The number of aromatic nitrogens is 2. The molecule has 1 aliphatic heterocycles. The van der Waals surface area contributed by atoms with Crippen LogP contribution in [0.5, 0.6) is 0 Å². The molecule has 0 aliphatic carbocycles. The van der Waals surface area contributed by atoms with Crippen molar-refractivity contribution in [2.24, 2.45) is 0 Å². The number of nitrogens with one attached hydrogen (secondary N) is 1. The Bertz CT molecular complexity index is 307. The lowest BCUT2D eigenvalue weighted by atomic mass is 10.2. The molecule has 0 amide bonds. The molecule has 0 saturated carbocycles. The lowest BCUT2D eigenvalue weighted by Gasteiger charge is -2.21. The highest BCUT2D eigenvalue weighted by Crippen LogP contribution is 2.16. The van der Waals surface area contributed by atoms with Gasteiger partial charge in [-0.1, -0.05) is 0 Å². The number of hydrogen-bond donors (Lipinski definition) is 2. The highest BCUT2D eigenvalue weighted by Gasteiger charge is 2.22. The Labute approximate surface area is 69.0 Å². The zero-order chi connectivity index (χ0) is 8.55. The summed E-state index contributed by atoms with van der Waals surface area (Å²) in [7, 11) is 0. The number of carboxylic acid groups (broad SMARTS) is 1. The van der Waals surface area contributed by atoms with Crippen molar-refractivity contribution in [1.29, 1.82) is 0 Å². The number of aryl methyl sites for hydroxylation is 1. The Morgan fingerprint density at radius 2 is 2.67 bits per heavy atom. The van der Waals surface area contributed by atoms with Crippen LogP contribution < -0.4 is 5.32 Å². The summed E-state index contributed by atoms with van der Waals surface area (Å²) in [6, 6.07) is 1.31. The predicted molar refractivity (Wildman–Crippen MR) is 41.9 cm³/mol. The monoisotopic (exact) mass is 167 g/mol. The third-order valence-corrected chi connectivity index (χ3v) is 1.97. The Morgan fingerprint density at radius 3 is 3.42 bits per heavy atom. The minimum absolute atomic E-state index is 0.464. The van der Waals surface area contributed by atoms with Crippen LogP contribution in [0.1, 0.15) is 6.42 Å². The van der Waals surface area contributed by atoms with Gasteiger partial charge in [-0.2, -0.15) is 5.10 Å². The van der Waals surface area contributed by atoms with Crippen molar-refractivity contribution in [1.82, 2.24) is 9.78 Å². The van der Waals surface area contributed by atoms with E-state index in [-0.39, 0.29) is 0 Å². The topological polar surface area (TPSA) is 67.1 Å². The van der Waals surface area contributed by atoms with Crippen molar-refractivity contribution >= 4 is 11.8 Å². The Morgan fingerprint density at radius 1 is 1.83 bits per heavy atom. The number of fused-ring (bicyclic) bond motifs is 1. The first-order chi connectivity index (χ1) is 5.77. The molecule has 12 heavy (non-hydrogen) atoms. The van der Waals surface area contributed by atoms with Crippen LogP contribution >= 0.6 is 0 Å². The SMILES string of the molecule is O=C(O)C1CCn2nccc2N1. The van der Waals surface area contributed by atoms with Gasteiger partial charge in [-0.25, -0.2) is 9.48 Å². The van der Waals surface area contributed by atoms with Crippen LogP contribution in [-0.4, -0.2) is 26.9 Å². The first-order valence-corrected chi connectivity index (χ1v) is 3.78. The van der Waals surface area contributed by atoms with E-state index in [1.54, 1.807) is 16.9 Å². The van der Waals surface area contributed by atoms with E-state index in [1.165, 1.54) is 0 Å². The van der Waals surface area contributed by atoms with Crippen LogP contribution in [0.3, 0.4) is 0 Å². The Balaban J connectivity index is 2.20. The predicted octanol–water partition coefficient (Wildman–Crippen LogP) is 0.152. The van der Waals surface area contributed by atoms with Crippen molar-refractivity contribution < 1.29 is 9.90 Å². The molecular formula is C7H9N3O2. The molecule has 0 spiro atoms. The van der Waals surface area contributed by atoms with Crippen molar-refractivity contribution in [2.75, 3.05) is 5.32 Å². The number of aliphatic carboxylic acids is 1. The minimum Gasteiger partial charge on any atom is -0.480 e. The third kappa shape index (κ3) is 1.03. The fourth-order valence-corrected chi connectivity index (χ4v) is 1.32. The Hall–Kier alpha value is -1.52. The van der Waals surface area contributed by atoms with Crippen LogP contribution in [0.25, 0.3) is 0 Å². The first kappa shape index (κ1) is 7.15. The zero-order valence-corrected chi connectivity index (χ0v) is 6.40. The van der Waals surface area contributed by atoms with Gasteiger partial charge >= 0.3 is 5.97 Å². The second-order valence-electron chi connectivity index (χ2n) is 2.76. The van der Waals surface area contributed by atoms with Crippen molar-refractivity contribution in [3.8, 4) is 0 Å². The maximum absolute atomic E-state index is 10.6. The van der Waals surface area contributed by atoms with Crippen LogP contribution in [0.4, 0.5) is 5.82 Å². The summed E-state index contributed by atoms with van der Waals surface area (Å²) in [6.45, 7) is 0.673. The van der Waals surface area contributed by atoms with E-state index in [9.17, 15) is 4.79 Å². The maximum atomic E-state index is 10.6. The molecule has 0 saturated heterocycles. The Kier molecular flexibility index (Phi) is 1.49. The van der Waals surface area contributed by atoms with Gasteiger partial charge in [0.2, 0.25) is 0 Å². The molecule has 0 fully saturated rings. The number of rotatable bonds is 1. The fraction of sp³-hybridized carbons (Fsp3) is 0.429. The van der Waals surface area contributed by atoms with Gasteiger partial charge in [0.1, 0.15) is 11.9 Å². The van der Waals surface area contributed by atoms with E-state index in [4.69, 9.17) is 5.11 Å². The molecule has 5 nitrogen and oxygen atoms in total. The molecule has 1 atom stereocenters. The van der Waals surface area contributed by atoms with Gasteiger partial charge in [0.15, 0.2) is 0 Å². The standard InChI is InChI=1S/C7H9N3O2/c11-7(12)5-2-4-10-6(9-5)1-3-8-10/h1,3,5,9H,2,4H2,(H,11,12). The minimum atomic E-state index is -0.803. The summed E-state index contributed by atoms with van der Waals surface area (Å²) in [5.74, 6) is -0.0175. The summed E-state index contributed by atoms with van der Waals surface area (Å²) < 4.78 is 1.76. The van der Waals surface area contributed by atoms with Crippen molar-refractivity contribution in [3.63, 3.8) is 0 Å². The van der Waals surface area contributed by atoms with Gasteiger partial charge in [-0.05, 0) is 6.42 Å². The van der Waals surface area contributed by atoms with Gasteiger partial charge in [0.25, 0.3) is 0 Å². The molecule has 1 aliphatic rings. The maximum Gasteiger partial charge on any atom is 0.326 e. The molecule has 0 aromatic carbocycles. The van der Waals surface area contributed by atoms with Crippen LogP contribution in [-0.2, 0) is 11.3 Å². The molecule has 5 heteroatoms. The molecular weight excluding hydrogens is 158 g/mol. The van der Waals surface area contributed by atoms with Gasteiger partial charge in [0.05, 0.1) is 6.20 Å². The average Bonchev–Trinajstić information content (AvgIpc) is 2.49. The third-order valence-electron chi connectivity index (χ3n) is 1.97. The summed E-state index contributed by atoms with van der Waals surface area (Å²) in [5, 5.41) is 15.6. The molecule has 2 N–H and O–H groups in total. The van der Waals surface area contributed by atoms with Crippen molar-refractivity contribution in [3.05, 3.63) is 12.3 Å². The van der Waals surface area contributed by atoms with Gasteiger partial charge in [-0.3, -0.25) is 0 Å². The van der Waals surface area contributed by atoms with Crippen LogP contribution in [0.15, 0.2) is 12.3 Å². The van der Waals surface area contributed by atoms with E-state index in [2.05, 4.69) is 10.4 Å². The molecule has 0 radical (unpaired) electrons. The lowest BCUT2D eigenvalue weighted by molar-refractivity contribution is -0.138. The zero-order valence-electron chi connectivity index (χ0n) is 6.40. The summed E-state index contributed by atoms with van der Waals surface area (Å²) in [4.78, 5) is 10.6. The highest BCUT2D eigenvalue weighted by atomic mass is 16.4. The molecule has 64 valence electrons. The number of carboxylic acids is 1.